The smallest absolute Gasteiger partial charge is 0.187 e. The summed E-state index contributed by atoms with van der Waals surface area (Å²) < 4.78 is 62.4. The number of fused-ring (bicyclic) bond motifs is 7. The molecule has 10 aliphatic rings. The maximum atomic E-state index is 11.6. The van der Waals surface area contributed by atoms with Gasteiger partial charge >= 0.3 is 0 Å². The fraction of sp³-hybridized carbons (Fsp3) is 0.961. The molecule has 31 atom stereocenters. The van der Waals surface area contributed by atoms with E-state index in [1.54, 1.807) is 0 Å². The molecule has 0 radical (unpaired) electrons. The Hall–Kier alpha value is -1.18. The number of allylic oxidation sites excluding steroid dienone is 1. The van der Waals surface area contributed by atoms with Crippen LogP contribution in [0, 0.1) is 40.4 Å². The highest BCUT2D eigenvalue weighted by Gasteiger charge is 2.70. The molecule has 0 aromatic carbocycles. The highest BCUT2D eigenvalue weighted by Crippen LogP contribution is 2.71. The Labute approximate surface area is 430 Å². The molecule has 6 aliphatic heterocycles. The van der Waals surface area contributed by atoms with Gasteiger partial charge in [0.2, 0.25) is 0 Å². The lowest BCUT2D eigenvalue weighted by atomic mass is 9.47. The van der Waals surface area contributed by atoms with E-state index in [2.05, 4.69) is 26.8 Å². The zero-order valence-electron chi connectivity index (χ0n) is 42.8. The van der Waals surface area contributed by atoms with E-state index in [1.807, 2.05) is 6.92 Å². The van der Waals surface area contributed by atoms with Crippen molar-refractivity contribution in [3.05, 3.63) is 11.6 Å². The van der Waals surface area contributed by atoms with Gasteiger partial charge in [-0.25, -0.2) is 0 Å². The molecule has 424 valence electrons. The van der Waals surface area contributed by atoms with Gasteiger partial charge in [-0.2, -0.15) is 0 Å². The first kappa shape index (κ1) is 56.1. The monoisotopic (exact) mass is 1060 g/mol. The van der Waals surface area contributed by atoms with Crippen molar-refractivity contribution in [2.75, 3.05) is 26.4 Å². The lowest BCUT2D eigenvalue weighted by Crippen LogP contribution is -2.67. The first-order chi connectivity index (χ1) is 35.0. The molecule has 0 bridgehead atoms. The average molecular weight is 1060 g/mol. The van der Waals surface area contributed by atoms with Crippen LogP contribution < -0.4 is 0 Å². The van der Waals surface area contributed by atoms with E-state index < -0.39 is 160 Å². The number of hydrogen-bond acceptors (Lipinski definition) is 23. The van der Waals surface area contributed by atoms with Gasteiger partial charge in [-0.3, -0.25) is 0 Å². The highest BCUT2D eigenvalue weighted by atomic mass is 16.8. The zero-order valence-corrected chi connectivity index (χ0v) is 42.8. The molecule has 6 saturated heterocycles. The zero-order chi connectivity index (χ0) is 53.1. The SMILES string of the molecule is C[C@@H]1O[C@@H](O[C@H]2[C@H](O[C@H]3CC[C@@]4(C)C(=CC[C@H]5[C@@H]6C[C@@H]7O[C@]8(CC[C@@](C)(CO[C@@H]9O[C@H](CO)[C@@H](O)[C@H](O)[C@H]9O)O8)[C@@H](C)[C@@H]7[C@@]6(C)CC[C@@H]54)C3)O[C@H](CO)[C@@H](O)[C@@H]2O[C@@H]2O[C@H](CO)[C@@H](O)[C@H](O)[C@H]2O)[C@H](O)[C@H](O)[C@H]1O. The first-order valence-electron chi connectivity index (χ1n) is 26.9. The van der Waals surface area contributed by atoms with E-state index in [-0.39, 0.29) is 35.4 Å². The number of aliphatic hydroxyl groups is 13. The minimum Gasteiger partial charge on any atom is -0.394 e. The quantitative estimate of drug-likeness (QED) is 0.0875. The van der Waals surface area contributed by atoms with Crippen LogP contribution in [-0.4, -0.2) is 239 Å². The van der Waals surface area contributed by atoms with Gasteiger partial charge in [0, 0.05) is 12.3 Å². The minimum absolute atomic E-state index is 0.00751. The van der Waals surface area contributed by atoms with Gasteiger partial charge in [0.25, 0.3) is 0 Å². The summed E-state index contributed by atoms with van der Waals surface area (Å²) in [6.45, 7) is 8.46. The van der Waals surface area contributed by atoms with Crippen LogP contribution in [-0.2, 0) is 47.4 Å². The maximum absolute atomic E-state index is 11.6. The number of aliphatic hydroxyl groups excluding tert-OH is 13. The second kappa shape index (κ2) is 21.0. The number of rotatable bonds is 12. The number of hydrogen-bond donors (Lipinski definition) is 13. The normalized spacial score (nSPS) is 57.4. The van der Waals surface area contributed by atoms with Crippen molar-refractivity contribution >= 4 is 0 Å². The highest BCUT2D eigenvalue weighted by molar-refractivity contribution is 5.27. The van der Waals surface area contributed by atoms with Crippen LogP contribution >= 0.6 is 0 Å². The van der Waals surface area contributed by atoms with Gasteiger partial charge in [0.1, 0.15) is 91.6 Å². The Bertz CT molecular complexity index is 1980. The van der Waals surface area contributed by atoms with Gasteiger partial charge in [0.15, 0.2) is 30.9 Å². The molecule has 0 aromatic heterocycles. The summed E-state index contributed by atoms with van der Waals surface area (Å²) in [6.07, 6.45) is -21.7. The molecule has 0 unspecified atom stereocenters. The topological polar surface area (TPSA) is 355 Å². The molecule has 0 aromatic rings. The van der Waals surface area contributed by atoms with Crippen LogP contribution in [0.25, 0.3) is 0 Å². The van der Waals surface area contributed by atoms with Crippen molar-refractivity contribution in [1.82, 2.24) is 0 Å². The van der Waals surface area contributed by atoms with Crippen LogP contribution in [0.5, 0.6) is 0 Å². The molecule has 1 spiro atoms. The third-order valence-corrected chi connectivity index (χ3v) is 19.9. The molecular formula is C51H82O23. The Morgan fingerprint density at radius 1 is 0.581 bits per heavy atom. The van der Waals surface area contributed by atoms with Gasteiger partial charge in [-0.05, 0) is 99.7 Å². The predicted molar refractivity (Wildman–Crippen MR) is 248 cm³/mol. The largest absolute Gasteiger partial charge is 0.394 e. The Morgan fingerprint density at radius 2 is 1.16 bits per heavy atom. The summed E-state index contributed by atoms with van der Waals surface area (Å²) in [5.74, 6) is 0.693. The molecule has 3 saturated carbocycles. The molecule has 74 heavy (non-hydrogen) atoms. The van der Waals surface area contributed by atoms with Gasteiger partial charge in [-0.1, -0.05) is 32.4 Å². The molecule has 23 nitrogen and oxygen atoms in total. The standard InChI is InChI=1S/C51H82O23/c1-20-31-27(73-51(20)13-12-48(3,74-51)19-65-44-39(62)37(60)33(56)28(16-52)68-44)15-26-24-7-6-22-14-23(8-10-49(22,4)25(24)9-11-50(26,31)5)67-47-43(72-45-40(63)36(59)32(55)21(2)66-45)42(35(58)30(18-54)70-47)71-46-41(64)38(61)34(57)29(17-53)69-46/h6,20-21,23-47,52-64H,7-19H2,1-5H3/t20-,21-,23-,24+,25-,26-,27-,28+,29+,30+,31-,32-,33+,34+,35+,36+,37-,38-,39+,40+,41+,42-,43+,44+,45-,46-,47+,48-,49-,50-,51-/m0/s1. The maximum Gasteiger partial charge on any atom is 0.187 e. The van der Waals surface area contributed by atoms with Crippen molar-refractivity contribution in [1.29, 1.82) is 0 Å². The Morgan fingerprint density at radius 3 is 1.82 bits per heavy atom. The summed E-state index contributed by atoms with van der Waals surface area (Å²) in [6, 6.07) is 0. The molecular weight excluding hydrogens is 981 g/mol. The number of ether oxygens (including phenoxy) is 10. The van der Waals surface area contributed by atoms with Crippen LogP contribution in [0.4, 0.5) is 0 Å². The van der Waals surface area contributed by atoms with Gasteiger partial charge in [-0.15, -0.1) is 0 Å². The summed E-state index contributed by atoms with van der Waals surface area (Å²) in [4.78, 5) is 0. The van der Waals surface area contributed by atoms with Crippen molar-refractivity contribution in [3.8, 4) is 0 Å². The predicted octanol–water partition coefficient (Wildman–Crippen LogP) is -2.85. The van der Waals surface area contributed by atoms with Crippen molar-refractivity contribution in [3.63, 3.8) is 0 Å². The Kier molecular flexibility index (Phi) is 16.0. The van der Waals surface area contributed by atoms with Crippen LogP contribution in [0.3, 0.4) is 0 Å². The molecule has 13 N–H and O–H groups in total. The summed E-state index contributed by atoms with van der Waals surface area (Å²) in [7, 11) is 0. The first-order valence-corrected chi connectivity index (χ1v) is 26.9. The Balaban J connectivity index is 0.825. The summed E-state index contributed by atoms with van der Waals surface area (Å²) >= 11 is 0. The fourth-order valence-electron chi connectivity index (χ4n) is 15.6. The van der Waals surface area contributed by atoms with E-state index in [0.717, 1.165) is 32.1 Å². The van der Waals surface area contributed by atoms with Crippen molar-refractivity contribution in [2.24, 2.45) is 40.4 Å². The molecule has 0 amide bonds. The van der Waals surface area contributed by atoms with Gasteiger partial charge < -0.3 is 114 Å². The lowest BCUT2D eigenvalue weighted by Gasteiger charge is -2.58. The second-order valence-electron chi connectivity index (χ2n) is 24.2. The third-order valence-electron chi connectivity index (χ3n) is 19.9. The molecule has 10 rings (SSSR count). The van der Waals surface area contributed by atoms with E-state index in [4.69, 9.17) is 47.4 Å². The molecule has 4 aliphatic carbocycles. The molecule has 23 heteroatoms. The molecule has 9 fully saturated rings. The van der Waals surface area contributed by atoms with Crippen molar-refractivity contribution in [2.45, 2.75) is 239 Å². The van der Waals surface area contributed by atoms with E-state index in [0.29, 0.717) is 43.4 Å². The van der Waals surface area contributed by atoms with E-state index >= 15 is 0 Å². The summed E-state index contributed by atoms with van der Waals surface area (Å²) in [5, 5.41) is 137. The van der Waals surface area contributed by atoms with Crippen LogP contribution in [0.15, 0.2) is 11.6 Å². The van der Waals surface area contributed by atoms with E-state index in [1.165, 1.54) is 12.5 Å². The van der Waals surface area contributed by atoms with Gasteiger partial charge in [0.05, 0.1) is 50.3 Å². The van der Waals surface area contributed by atoms with Crippen LogP contribution in [0.1, 0.15) is 92.4 Å². The summed E-state index contributed by atoms with van der Waals surface area (Å²) in [5.41, 5.74) is 0.306. The fourth-order valence-corrected chi connectivity index (χ4v) is 15.6. The van der Waals surface area contributed by atoms with Crippen molar-refractivity contribution < 1.29 is 114 Å². The average Bonchev–Trinajstić information content (AvgIpc) is 3.98. The second-order valence-corrected chi connectivity index (χ2v) is 24.2. The minimum atomic E-state index is -1.88. The third kappa shape index (κ3) is 9.38. The van der Waals surface area contributed by atoms with Crippen LogP contribution in [0.2, 0.25) is 0 Å². The van der Waals surface area contributed by atoms with E-state index in [9.17, 15) is 66.4 Å². The lowest BCUT2D eigenvalue weighted by molar-refractivity contribution is -0.394. The molecule has 6 heterocycles.